The molecule has 2 aliphatic rings. The monoisotopic (exact) mass is 509 g/mol. The molecule has 0 spiro atoms. The lowest BCUT2D eigenvalue weighted by Gasteiger charge is -2.29. The number of ketones is 1. The van der Waals surface area contributed by atoms with Crippen molar-refractivity contribution in [3.05, 3.63) is 66.0 Å². The van der Waals surface area contributed by atoms with Crippen molar-refractivity contribution in [1.82, 2.24) is 15.2 Å². The minimum atomic E-state index is -0.735. The van der Waals surface area contributed by atoms with Crippen LogP contribution in [0.5, 0.6) is 0 Å². The molecule has 1 fully saturated rings. The van der Waals surface area contributed by atoms with E-state index in [0.29, 0.717) is 25.9 Å². The summed E-state index contributed by atoms with van der Waals surface area (Å²) in [4.78, 5) is 56.5. The molecule has 1 aromatic heterocycles. The second-order valence-electron chi connectivity index (χ2n) is 9.71. The first-order chi connectivity index (χ1) is 17.7. The van der Waals surface area contributed by atoms with Crippen molar-refractivity contribution in [3.8, 4) is 0 Å². The van der Waals surface area contributed by atoms with Crippen LogP contribution in [0.15, 0.2) is 58.8 Å². The van der Waals surface area contributed by atoms with Gasteiger partial charge in [0.15, 0.2) is 11.5 Å². The molecule has 1 aromatic rings. The highest BCUT2D eigenvalue weighted by molar-refractivity contribution is 5.96. The number of nitrogens with zero attached hydrogens (tertiary/aromatic N) is 2. The summed E-state index contributed by atoms with van der Waals surface area (Å²) in [5.74, 6) is -1.50. The third-order valence-electron chi connectivity index (χ3n) is 6.28. The topological polar surface area (TPSA) is 119 Å². The Kier molecular flexibility index (Phi) is 9.77. The van der Waals surface area contributed by atoms with Gasteiger partial charge in [-0.05, 0) is 37.8 Å². The van der Waals surface area contributed by atoms with Crippen molar-refractivity contribution in [2.45, 2.75) is 59.1 Å². The number of hydrogen-bond acceptors (Lipinski definition) is 7. The Morgan fingerprint density at radius 1 is 1.14 bits per heavy atom. The first-order valence-corrected chi connectivity index (χ1v) is 12.6. The molecule has 0 saturated carbocycles. The van der Waals surface area contributed by atoms with Crippen LogP contribution in [0.2, 0.25) is 0 Å². The summed E-state index contributed by atoms with van der Waals surface area (Å²) < 4.78 is 11.2. The van der Waals surface area contributed by atoms with E-state index < -0.39 is 24.0 Å². The number of amides is 2. The SMILES string of the molecule is CC1=C\C=C/C(=O)Cc2nc(co2)C(=O)N2CCC[C@@H]2C(=O)OC(C(C)C)[C@H](C)/C=C/C(=O)NC\C=C\1. The Hall–Kier alpha value is -3.75. The zero-order chi connectivity index (χ0) is 26.9. The standard InChI is InChI=1S/C28H35N3O6/c1-18(2)26-20(4)12-13-24(33)29-14-6-9-19(3)8-5-10-21(32)16-25-30-22(17-36-25)27(34)31-15-7-11-23(31)28(35)37-26/h5-6,8-10,12-13,17-18,20,23,26H,7,11,14-16H2,1-4H3,(H,29,33)/b9-6+,10-5-,13-12+,19-8+/t20-,23-,26?/m1/s1. The van der Waals surface area contributed by atoms with Gasteiger partial charge in [0.2, 0.25) is 11.8 Å². The maximum absolute atomic E-state index is 13.2. The van der Waals surface area contributed by atoms with Crippen molar-refractivity contribution in [2.24, 2.45) is 11.8 Å². The fraction of sp³-hybridized carbons (Fsp3) is 0.464. The fourth-order valence-corrected chi connectivity index (χ4v) is 4.34. The first kappa shape index (κ1) is 27.8. The summed E-state index contributed by atoms with van der Waals surface area (Å²) in [5.41, 5.74) is 0.945. The number of carbonyl (C=O) groups excluding carboxylic acids is 4. The molecule has 1 saturated heterocycles. The van der Waals surface area contributed by atoms with E-state index >= 15 is 0 Å². The van der Waals surface area contributed by atoms with E-state index in [9.17, 15) is 19.2 Å². The van der Waals surface area contributed by atoms with Crippen LogP contribution in [0.25, 0.3) is 0 Å². The fourth-order valence-electron chi connectivity index (χ4n) is 4.34. The maximum atomic E-state index is 13.2. The number of nitrogens with one attached hydrogen (secondary N) is 1. The van der Waals surface area contributed by atoms with E-state index in [1.807, 2.05) is 39.8 Å². The number of cyclic esters (lactones) is 1. The Morgan fingerprint density at radius 2 is 1.92 bits per heavy atom. The van der Waals surface area contributed by atoms with Gasteiger partial charge in [0.05, 0.1) is 6.42 Å². The van der Waals surface area contributed by atoms with E-state index in [1.54, 1.807) is 18.2 Å². The zero-order valence-electron chi connectivity index (χ0n) is 21.8. The molecule has 1 unspecified atom stereocenters. The van der Waals surface area contributed by atoms with Crippen molar-refractivity contribution >= 4 is 23.6 Å². The Bertz CT molecular complexity index is 1130. The average Bonchev–Trinajstić information content (AvgIpc) is 3.52. The minimum Gasteiger partial charge on any atom is -0.460 e. The van der Waals surface area contributed by atoms with Crippen LogP contribution < -0.4 is 5.32 Å². The molecule has 3 rings (SSSR count). The van der Waals surface area contributed by atoms with Gasteiger partial charge in [-0.15, -0.1) is 0 Å². The second kappa shape index (κ2) is 13.0. The quantitative estimate of drug-likeness (QED) is 0.577. The van der Waals surface area contributed by atoms with Crippen molar-refractivity contribution in [2.75, 3.05) is 13.1 Å². The first-order valence-electron chi connectivity index (χ1n) is 12.6. The van der Waals surface area contributed by atoms with Crippen LogP contribution in [0, 0.1) is 11.8 Å². The molecular weight excluding hydrogens is 474 g/mol. The van der Waals surface area contributed by atoms with Gasteiger partial charge in [-0.2, -0.15) is 0 Å². The Labute approximate surface area is 217 Å². The van der Waals surface area contributed by atoms with E-state index in [2.05, 4.69) is 10.3 Å². The molecule has 3 atom stereocenters. The lowest BCUT2D eigenvalue weighted by molar-refractivity contribution is -0.158. The maximum Gasteiger partial charge on any atom is 0.329 e. The Balaban J connectivity index is 1.86. The number of fused-ring (bicyclic) bond motifs is 3. The van der Waals surface area contributed by atoms with Gasteiger partial charge in [0.25, 0.3) is 5.91 Å². The number of rotatable bonds is 1. The van der Waals surface area contributed by atoms with E-state index in [0.717, 1.165) is 5.57 Å². The van der Waals surface area contributed by atoms with E-state index in [1.165, 1.54) is 23.3 Å². The molecule has 2 aliphatic heterocycles. The molecule has 9 heteroatoms. The van der Waals surface area contributed by atoms with Crippen LogP contribution in [-0.2, 0) is 25.5 Å². The third-order valence-corrected chi connectivity index (χ3v) is 6.28. The largest absolute Gasteiger partial charge is 0.460 e. The van der Waals surface area contributed by atoms with Gasteiger partial charge in [0.1, 0.15) is 18.4 Å². The highest BCUT2D eigenvalue weighted by Crippen LogP contribution is 2.25. The van der Waals surface area contributed by atoms with Gasteiger partial charge >= 0.3 is 5.97 Å². The summed E-state index contributed by atoms with van der Waals surface area (Å²) >= 11 is 0. The molecule has 3 heterocycles. The number of aromatic nitrogens is 1. The molecule has 0 aromatic carbocycles. The molecule has 0 radical (unpaired) electrons. The number of ether oxygens (including phenoxy) is 1. The van der Waals surface area contributed by atoms with Crippen LogP contribution >= 0.6 is 0 Å². The van der Waals surface area contributed by atoms with Gasteiger partial charge in [-0.3, -0.25) is 14.4 Å². The van der Waals surface area contributed by atoms with Crippen LogP contribution in [-0.4, -0.2) is 58.7 Å². The van der Waals surface area contributed by atoms with E-state index in [4.69, 9.17) is 9.15 Å². The molecule has 37 heavy (non-hydrogen) atoms. The lowest BCUT2D eigenvalue weighted by Crippen LogP contribution is -2.44. The zero-order valence-corrected chi connectivity index (χ0v) is 21.8. The van der Waals surface area contributed by atoms with Crippen molar-refractivity contribution < 1.29 is 28.3 Å². The van der Waals surface area contributed by atoms with Gasteiger partial charge in [-0.1, -0.05) is 56.7 Å². The normalized spacial score (nSPS) is 28.6. The number of hydrogen-bond donors (Lipinski definition) is 1. The molecule has 0 aliphatic carbocycles. The van der Waals surface area contributed by atoms with Crippen LogP contribution in [0.4, 0.5) is 0 Å². The molecule has 1 N–H and O–H groups in total. The summed E-state index contributed by atoms with van der Waals surface area (Å²) in [7, 11) is 0. The molecule has 2 amide bonds. The van der Waals surface area contributed by atoms with Gasteiger partial charge in [0, 0.05) is 19.0 Å². The molecule has 2 bridgehead atoms. The van der Waals surface area contributed by atoms with Gasteiger partial charge < -0.3 is 19.4 Å². The van der Waals surface area contributed by atoms with Crippen molar-refractivity contribution in [1.29, 1.82) is 0 Å². The second-order valence-corrected chi connectivity index (χ2v) is 9.71. The highest BCUT2D eigenvalue weighted by Gasteiger charge is 2.38. The van der Waals surface area contributed by atoms with Crippen LogP contribution in [0.1, 0.15) is 56.9 Å². The number of oxazole rings is 1. The summed E-state index contributed by atoms with van der Waals surface area (Å²) in [6, 6.07) is -0.735. The predicted octanol–water partition coefficient (Wildman–Crippen LogP) is 3.34. The van der Waals surface area contributed by atoms with E-state index in [-0.39, 0.29) is 41.5 Å². The highest BCUT2D eigenvalue weighted by atomic mass is 16.5. The smallest absolute Gasteiger partial charge is 0.329 e. The minimum absolute atomic E-state index is 0.00589. The molecule has 9 nitrogen and oxygen atoms in total. The third kappa shape index (κ3) is 7.87. The number of allylic oxidation sites excluding steroid dienone is 5. The summed E-state index contributed by atoms with van der Waals surface area (Å²) in [6.45, 7) is 8.39. The number of esters is 1. The summed E-state index contributed by atoms with van der Waals surface area (Å²) in [5, 5.41) is 2.78. The molecular formula is C28H35N3O6. The predicted molar refractivity (Wildman–Crippen MR) is 137 cm³/mol. The van der Waals surface area contributed by atoms with Gasteiger partial charge in [-0.25, -0.2) is 9.78 Å². The summed E-state index contributed by atoms with van der Waals surface area (Å²) in [6.07, 6.45) is 13.4. The number of carbonyl (C=O) groups is 4. The van der Waals surface area contributed by atoms with Crippen LogP contribution in [0.3, 0.4) is 0 Å². The molecule has 198 valence electrons. The average molecular weight is 510 g/mol. The van der Waals surface area contributed by atoms with Crippen molar-refractivity contribution in [3.63, 3.8) is 0 Å². The Morgan fingerprint density at radius 3 is 2.68 bits per heavy atom. The lowest BCUT2D eigenvalue weighted by atomic mass is 9.94.